The van der Waals surface area contributed by atoms with Crippen molar-refractivity contribution >= 4 is 0 Å². The van der Waals surface area contributed by atoms with Crippen LogP contribution in [0.25, 0.3) is 0 Å². The molecule has 1 unspecified atom stereocenters. The summed E-state index contributed by atoms with van der Waals surface area (Å²) in [6.45, 7) is 3.92. The third-order valence-corrected chi connectivity index (χ3v) is 4.68. The van der Waals surface area contributed by atoms with Crippen LogP contribution in [0.2, 0.25) is 0 Å². The minimum atomic E-state index is 0.329. The van der Waals surface area contributed by atoms with Gasteiger partial charge in [-0.05, 0) is 26.3 Å². The molecule has 1 aliphatic heterocycles. The second-order valence-corrected chi connectivity index (χ2v) is 5.49. The Kier molecular flexibility index (Phi) is 5.05. The second-order valence-electron chi connectivity index (χ2n) is 5.49. The van der Waals surface area contributed by atoms with Gasteiger partial charge in [0.15, 0.2) is 0 Å². The van der Waals surface area contributed by atoms with E-state index in [4.69, 9.17) is 11.2 Å². The molecule has 1 aliphatic carbocycles. The van der Waals surface area contributed by atoms with E-state index >= 15 is 0 Å². The highest BCUT2D eigenvalue weighted by atomic mass is 16.5. The topological polar surface area (TPSA) is 24.5 Å². The number of ether oxygens (including phenoxy) is 1. The van der Waals surface area contributed by atoms with Crippen molar-refractivity contribution in [1.82, 2.24) is 10.2 Å². The first kappa shape index (κ1) is 13.9. The fourth-order valence-electron chi connectivity index (χ4n) is 3.79. The summed E-state index contributed by atoms with van der Waals surface area (Å²) in [5.41, 5.74) is 0.329. The van der Waals surface area contributed by atoms with Crippen LogP contribution < -0.4 is 5.32 Å². The molecule has 0 aromatic rings. The van der Waals surface area contributed by atoms with Gasteiger partial charge in [-0.2, -0.15) is 0 Å². The van der Waals surface area contributed by atoms with E-state index in [1.807, 2.05) is 0 Å². The molecular formula is C15H26N2O. The van der Waals surface area contributed by atoms with E-state index in [-0.39, 0.29) is 0 Å². The maximum absolute atomic E-state index is 5.50. The van der Waals surface area contributed by atoms with Crippen molar-refractivity contribution in [2.24, 2.45) is 0 Å². The molecule has 1 saturated carbocycles. The zero-order valence-electron chi connectivity index (χ0n) is 11.6. The SMILES string of the molecule is C#CCCC(NC)C1(N2CCOCC2)CCCC1. The highest BCUT2D eigenvalue weighted by Crippen LogP contribution is 2.39. The minimum Gasteiger partial charge on any atom is -0.379 e. The van der Waals surface area contributed by atoms with E-state index in [2.05, 4.69) is 23.2 Å². The van der Waals surface area contributed by atoms with Crippen LogP contribution in [-0.4, -0.2) is 49.8 Å². The number of terminal acetylenes is 1. The summed E-state index contributed by atoms with van der Waals surface area (Å²) in [5.74, 6) is 2.79. The molecule has 102 valence electrons. The molecule has 18 heavy (non-hydrogen) atoms. The van der Waals surface area contributed by atoms with Gasteiger partial charge in [0, 0.05) is 31.1 Å². The van der Waals surface area contributed by atoms with Crippen molar-refractivity contribution in [1.29, 1.82) is 0 Å². The maximum atomic E-state index is 5.50. The quantitative estimate of drug-likeness (QED) is 0.751. The van der Waals surface area contributed by atoms with Crippen LogP contribution in [0.1, 0.15) is 38.5 Å². The zero-order valence-corrected chi connectivity index (χ0v) is 11.6. The number of hydrogen-bond donors (Lipinski definition) is 1. The smallest absolute Gasteiger partial charge is 0.0594 e. The first-order valence-corrected chi connectivity index (χ1v) is 7.27. The molecule has 1 N–H and O–H groups in total. The Hall–Kier alpha value is -0.560. The minimum absolute atomic E-state index is 0.329. The monoisotopic (exact) mass is 250 g/mol. The highest BCUT2D eigenvalue weighted by Gasteiger charge is 2.45. The molecule has 0 amide bonds. The normalized spacial score (nSPS) is 25.8. The van der Waals surface area contributed by atoms with Crippen LogP contribution in [0.15, 0.2) is 0 Å². The summed E-state index contributed by atoms with van der Waals surface area (Å²) in [5, 5.41) is 3.54. The van der Waals surface area contributed by atoms with Crippen LogP contribution in [0, 0.1) is 12.3 Å². The van der Waals surface area contributed by atoms with Crippen molar-refractivity contribution in [2.45, 2.75) is 50.1 Å². The van der Waals surface area contributed by atoms with Gasteiger partial charge < -0.3 is 10.1 Å². The first-order chi connectivity index (χ1) is 8.83. The molecule has 1 heterocycles. The average Bonchev–Trinajstić information content (AvgIpc) is 2.91. The fraction of sp³-hybridized carbons (Fsp3) is 0.867. The van der Waals surface area contributed by atoms with Gasteiger partial charge in [0.2, 0.25) is 0 Å². The van der Waals surface area contributed by atoms with E-state index in [1.165, 1.54) is 25.7 Å². The lowest BCUT2D eigenvalue weighted by molar-refractivity contribution is -0.0357. The van der Waals surface area contributed by atoms with Crippen molar-refractivity contribution in [3.05, 3.63) is 0 Å². The van der Waals surface area contributed by atoms with Crippen LogP contribution in [-0.2, 0) is 4.74 Å². The van der Waals surface area contributed by atoms with Gasteiger partial charge in [-0.3, -0.25) is 4.90 Å². The number of rotatable bonds is 5. The molecule has 0 aromatic carbocycles. The Labute approximate surface area is 111 Å². The van der Waals surface area contributed by atoms with Crippen LogP contribution in [0.4, 0.5) is 0 Å². The molecule has 1 atom stereocenters. The lowest BCUT2D eigenvalue weighted by Gasteiger charge is -2.48. The maximum Gasteiger partial charge on any atom is 0.0594 e. The Bertz CT molecular complexity index is 285. The number of nitrogens with one attached hydrogen (secondary N) is 1. The summed E-state index contributed by atoms with van der Waals surface area (Å²) < 4.78 is 5.50. The molecule has 2 fully saturated rings. The van der Waals surface area contributed by atoms with Gasteiger partial charge in [-0.1, -0.05) is 12.8 Å². The first-order valence-electron chi connectivity index (χ1n) is 7.27. The van der Waals surface area contributed by atoms with Crippen molar-refractivity contribution in [3.8, 4) is 12.3 Å². The zero-order chi connectivity index (χ0) is 12.8. The molecule has 2 rings (SSSR count). The summed E-state index contributed by atoms with van der Waals surface area (Å²) in [6, 6.07) is 0.522. The second kappa shape index (κ2) is 6.56. The van der Waals surface area contributed by atoms with Crippen LogP contribution in [0.5, 0.6) is 0 Å². The molecule has 0 radical (unpaired) electrons. The van der Waals surface area contributed by atoms with Crippen LogP contribution in [0.3, 0.4) is 0 Å². The predicted octanol–water partition coefficient (Wildman–Crippen LogP) is 1.63. The Morgan fingerprint density at radius 3 is 2.56 bits per heavy atom. The number of morpholine rings is 1. The van der Waals surface area contributed by atoms with E-state index in [0.717, 1.165) is 39.1 Å². The Balaban J connectivity index is 2.10. The summed E-state index contributed by atoms with van der Waals surface area (Å²) in [6.07, 6.45) is 12.7. The third-order valence-electron chi connectivity index (χ3n) is 4.68. The largest absolute Gasteiger partial charge is 0.379 e. The molecule has 3 nitrogen and oxygen atoms in total. The summed E-state index contributed by atoms with van der Waals surface area (Å²) in [7, 11) is 2.09. The van der Waals surface area contributed by atoms with Crippen molar-refractivity contribution in [3.63, 3.8) is 0 Å². The van der Waals surface area contributed by atoms with Gasteiger partial charge in [0.05, 0.1) is 13.2 Å². The molecule has 0 aromatic heterocycles. The number of nitrogens with zero attached hydrogens (tertiary/aromatic N) is 1. The number of hydrogen-bond acceptors (Lipinski definition) is 3. The van der Waals surface area contributed by atoms with E-state index < -0.39 is 0 Å². The molecule has 2 aliphatic rings. The molecular weight excluding hydrogens is 224 g/mol. The summed E-state index contributed by atoms with van der Waals surface area (Å²) >= 11 is 0. The van der Waals surface area contributed by atoms with E-state index in [1.54, 1.807) is 0 Å². The van der Waals surface area contributed by atoms with Gasteiger partial charge in [0.25, 0.3) is 0 Å². The summed E-state index contributed by atoms with van der Waals surface area (Å²) in [4.78, 5) is 2.67. The molecule has 0 bridgehead atoms. The predicted molar refractivity (Wildman–Crippen MR) is 74.5 cm³/mol. The standard InChI is InChI=1S/C15H26N2O/c1-3-4-7-14(16-2)15(8-5-6-9-15)17-10-12-18-13-11-17/h1,14,16H,4-13H2,2H3. The Morgan fingerprint density at radius 1 is 1.33 bits per heavy atom. The van der Waals surface area contributed by atoms with E-state index in [9.17, 15) is 0 Å². The van der Waals surface area contributed by atoms with Gasteiger partial charge in [-0.15, -0.1) is 12.3 Å². The third kappa shape index (κ3) is 2.71. The highest BCUT2D eigenvalue weighted by molar-refractivity contribution is 5.05. The number of likely N-dealkylation sites (N-methyl/N-ethyl adjacent to an activating group) is 1. The molecule has 3 heteroatoms. The Morgan fingerprint density at radius 2 is 2.00 bits per heavy atom. The molecule has 1 saturated heterocycles. The van der Waals surface area contributed by atoms with Crippen LogP contribution >= 0.6 is 0 Å². The fourth-order valence-corrected chi connectivity index (χ4v) is 3.79. The van der Waals surface area contributed by atoms with E-state index in [0.29, 0.717) is 11.6 Å². The molecule has 0 spiro atoms. The lowest BCUT2D eigenvalue weighted by Crippen LogP contribution is -2.61. The van der Waals surface area contributed by atoms with Gasteiger partial charge >= 0.3 is 0 Å². The average molecular weight is 250 g/mol. The van der Waals surface area contributed by atoms with Gasteiger partial charge in [-0.25, -0.2) is 0 Å². The van der Waals surface area contributed by atoms with Crippen molar-refractivity contribution in [2.75, 3.05) is 33.4 Å². The lowest BCUT2D eigenvalue weighted by atomic mass is 9.83. The van der Waals surface area contributed by atoms with Crippen molar-refractivity contribution < 1.29 is 4.74 Å². The van der Waals surface area contributed by atoms with Gasteiger partial charge in [0.1, 0.15) is 0 Å².